The van der Waals surface area contributed by atoms with Crippen molar-refractivity contribution in [3.63, 3.8) is 0 Å². The molecular weight excluding hydrogens is 318 g/mol. The first-order valence-corrected chi connectivity index (χ1v) is 7.29. The average molecular weight is 332 g/mol. The Morgan fingerprint density at radius 3 is 2.83 bits per heavy atom. The molecule has 23 heavy (non-hydrogen) atoms. The molecule has 0 saturated heterocycles. The van der Waals surface area contributed by atoms with Gasteiger partial charge in [0.05, 0.1) is 5.56 Å². The van der Waals surface area contributed by atoms with Crippen molar-refractivity contribution in [2.24, 2.45) is 7.05 Å². The van der Waals surface area contributed by atoms with Crippen LogP contribution in [-0.4, -0.2) is 15.5 Å². The van der Waals surface area contributed by atoms with Gasteiger partial charge in [-0.15, -0.1) is 0 Å². The number of aromatic nitrogens is 2. The van der Waals surface area contributed by atoms with E-state index in [0.29, 0.717) is 16.5 Å². The van der Waals surface area contributed by atoms with Gasteiger partial charge in [0.2, 0.25) is 5.71 Å². The van der Waals surface area contributed by atoms with Gasteiger partial charge in [0, 0.05) is 17.8 Å². The maximum atomic E-state index is 12.6. The van der Waals surface area contributed by atoms with Crippen LogP contribution in [0.15, 0.2) is 33.7 Å². The molecule has 6 nitrogen and oxygen atoms in total. The molecule has 2 heterocycles. The second kappa shape index (κ2) is 5.55. The number of carbonyl (C=O) groups is 1. The molecule has 0 bridgehead atoms. The predicted molar refractivity (Wildman–Crippen MR) is 88.1 cm³/mol. The number of halogens is 1. The van der Waals surface area contributed by atoms with Crippen LogP contribution in [0.4, 0.5) is 5.69 Å². The van der Waals surface area contributed by atoms with Crippen molar-refractivity contribution in [2.45, 2.75) is 13.8 Å². The zero-order valence-electron chi connectivity index (χ0n) is 12.8. The van der Waals surface area contributed by atoms with Gasteiger partial charge in [-0.05, 0) is 31.5 Å². The number of fused-ring (bicyclic) bond motifs is 1. The van der Waals surface area contributed by atoms with Gasteiger partial charge in [0.25, 0.3) is 11.5 Å². The maximum Gasteiger partial charge on any atom is 0.265 e. The molecule has 0 aliphatic carbocycles. The van der Waals surface area contributed by atoms with E-state index < -0.39 is 5.91 Å². The molecule has 0 fully saturated rings. The summed E-state index contributed by atoms with van der Waals surface area (Å²) in [5, 5.41) is 3.49. The third-order valence-electron chi connectivity index (χ3n) is 3.69. The molecule has 0 atom stereocenters. The van der Waals surface area contributed by atoms with E-state index in [4.69, 9.17) is 16.0 Å². The van der Waals surface area contributed by atoms with Gasteiger partial charge >= 0.3 is 0 Å². The third kappa shape index (κ3) is 2.51. The molecule has 118 valence electrons. The molecule has 0 radical (unpaired) electrons. The van der Waals surface area contributed by atoms with Crippen LogP contribution in [-0.2, 0) is 7.05 Å². The Morgan fingerprint density at radius 1 is 1.35 bits per heavy atom. The maximum absolute atomic E-state index is 12.6. The Morgan fingerprint density at radius 2 is 2.09 bits per heavy atom. The highest BCUT2D eigenvalue weighted by molar-refractivity contribution is 6.31. The largest absolute Gasteiger partial charge is 0.442 e. The zero-order chi connectivity index (χ0) is 16.7. The molecule has 3 aromatic rings. The van der Waals surface area contributed by atoms with Crippen LogP contribution in [0.5, 0.6) is 0 Å². The van der Waals surface area contributed by atoms with Gasteiger partial charge < -0.3 is 14.3 Å². The lowest BCUT2D eigenvalue weighted by Gasteiger charge is -2.09. The summed E-state index contributed by atoms with van der Waals surface area (Å²) in [5.41, 5.74) is 1.34. The van der Waals surface area contributed by atoms with Crippen LogP contribution in [0.25, 0.3) is 11.1 Å². The lowest BCUT2D eigenvalue weighted by Crippen LogP contribution is -2.20. The lowest BCUT2D eigenvalue weighted by molar-refractivity contribution is 0.102. The van der Waals surface area contributed by atoms with Gasteiger partial charge in [0.1, 0.15) is 17.5 Å². The molecule has 0 aliphatic rings. The number of rotatable bonds is 2. The predicted octanol–water partition coefficient (Wildman–Crippen LogP) is 3.05. The van der Waals surface area contributed by atoms with E-state index in [1.165, 1.54) is 10.9 Å². The summed E-state index contributed by atoms with van der Waals surface area (Å²) >= 11 is 6.06. The van der Waals surface area contributed by atoms with E-state index in [1.807, 2.05) is 0 Å². The first kappa shape index (κ1) is 15.3. The van der Waals surface area contributed by atoms with E-state index in [2.05, 4.69) is 10.3 Å². The van der Waals surface area contributed by atoms with Crippen molar-refractivity contribution in [3.05, 3.63) is 56.8 Å². The van der Waals surface area contributed by atoms with Gasteiger partial charge in [0.15, 0.2) is 0 Å². The number of hydrogen-bond donors (Lipinski definition) is 1. The fraction of sp³-hybridized carbons (Fsp3) is 0.188. The first-order chi connectivity index (χ1) is 10.9. The van der Waals surface area contributed by atoms with Crippen molar-refractivity contribution in [1.82, 2.24) is 9.55 Å². The molecule has 2 aromatic heterocycles. The minimum absolute atomic E-state index is 0.151. The second-order valence-electron chi connectivity index (χ2n) is 5.24. The topological polar surface area (TPSA) is 77.1 Å². The van der Waals surface area contributed by atoms with Crippen LogP contribution in [0.3, 0.4) is 0 Å². The average Bonchev–Trinajstić information content (AvgIpc) is 2.85. The highest BCUT2D eigenvalue weighted by Gasteiger charge is 2.23. The normalized spacial score (nSPS) is 11.0. The standard InChI is InChI=1S/C16H14ClN3O3/c1-8-10(17)5-4-6-11(8)19-14(21)12-9(2)23-15-13(12)16(22)20(3)7-18-15/h4-7H,1-3H3,(H,19,21). The Hall–Kier alpha value is -2.60. The molecule has 1 N–H and O–H groups in total. The fourth-order valence-corrected chi connectivity index (χ4v) is 2.56. The van der Waals surface area contributed by atoms with Gasteiger partial charge in [-0.1, -0.05) is 17.7 Å². The monoisotopic (exact) mass is 331 g/mol. The minimum Gasteiger partial charge on any atom is -0.442 e. The molecule has 7 heteroatoms. The van der Waals surface area contributed by atoms with Gasteiger partial charge in [-0.3, -0.25) is 9.59 Å². The fourth-order valence-electron chi connectivity index (χ4n) is 2.39. The van der Waals surface area contributed by atoms with Crippen LogP contribution < -0.4 is 10.9 Å². The number of carbonyl (C=O) groups excluding carboxylic acids is 1. The van der Waals surface area contributed by atoms with Crippen LogP contribution in [0.2, 0.25) is 5.02 Å². The van der Waals surface area contributed by atoms with Crippen molar-refractivity contribution in [2.75, 3.05) is 5.32 Å². The number of nitrogens with zero attached hydrogens (tertiary/aromatic N) is 2. The summed E-state index contributed by atoms with van der Waals surface area (Å²) in [7, 11) is 1.57. The number of amides is 1. The summed E-state index contributed by atoms with van der Waals surface area (Å²) in [6.07, 6.45) is 1.36. The number of hydrogen-bond acceptors (Lipinski definition) is 4. The quantitative estimate of drug-likeness (QED) is 0.783. The van der Waals surface area contributed by atoms with Crippen LogP contribution in [0.1, 0.15) is 21.7 Å². The Balaban J connectivity index is 2.11. The summed E-state index contributed by atoms with van der Waals surface area (Å²) < 4.78 is 6.74. The Bertz CT molecular complexity index is 988. The van der Waals surface area contributed by atoms with E-state index in [1.54, 1.807) is 39.1 Å². The smallest absolute Gasteiger partial charge is 0.265 e. The van der Waals surface area contributed by atoms with Crippen molar-refractivity contribution in [3.8, 4) is 0 Å². The Kier molecular flexibility index (Phi) is 3.69. The highest BCUT2D eigenvalue weighted by Crippen LogP contribution is 2.26. The van der Waals surface area contributed by atoms with Crippen molar-refractivity contribution in [1.29, 1.82) is 0 Å². The van der Waals surface area contributed by atoms with Crippen molar-refractivity contribution < 1.29 is 9.21 Å². The van der Waals surface area contributed by atoms with Crippen LogP contribution >= 0.6 is 11.6 Å². The van der Waals surface area contributed by atoms with Crippen LogP contribution in [0, 0.1) is 13.8 Å². The molecule has 1 aromatic carbocycles. The zero-order valence-corrected chi connectivity index (χ0v) is 13.6. The number of anilines is 1. The van der Waals surface area contributed by atoms with E-state index in [-0.39, 0.29) is 22.2 Å². The second-order valence-corrected chi connectivity index (χ2v) is 5.65. The van der Waals surface area contributed by atoms with Gasteiger partial charge in [-0.2, -0.15) is 0 Å². The number of nitrogens with one attached hydrogen (secondary N) is 1. The molecule has 3 rings (SSSR count). The highest BCUT2D eigenvalue weighted by atomic mass is 35.5. The van der Waals surface area contributed by atoms with Gasteiger partial charge in [-0.25, -0.2) is 4.98 Å². The summed E-state index contributed by atoms with van der Waals surface area (Å²) in [6, 6.07) is 5.23. The SMILES string of the molecule is Cc1oc2ncn(C)c(=O)c2c1C(=O)Nc1cccc(Cl)c1C. The van der Waals surface area contributed by atoms with E-state index in [9.17, 15) is 9.59 Å². The third-order valence-corrected chi connectivity index (χ3v) is 4.10. The number of benzene rings is 1. The number of furan rings is 1. The molecular formula is C16H14ClN3O3. The molecule has 1 amide bonds. The van der Waals surface area contributed by atoms with E-state index >= 15 is 0 Å². The molecule has 0 aliphatic heterocycles. The number of aryl methyl sites for hydroxylation is 2. The Labute approximate surface area is 136 Å². The first-order valence-electron chi connectivity index (χ1n) is 6.91. The summed E-state index contributed by atoms with van der Waals surface area (Å²) in [5.74, 6) is -0.0929. The minimum atomic E-state index is -0.434. The summed E-state index contributed by atoms with van der Waals surface area (Å²) in [4.78, 5) is 29.0. The van der Waals surface area contributed by atoms with E-state index in [0.717, 1.165) is 5.56 Å². The van der Waals surface area contributed by atoms with Crippen molar-refractivity contribution >= 4 is 34.3 Å². The lowest BCUT2D eigenvalue weighted by atomic mass is 10.1. The summed E-state index contributed by atoms with van der Waals surface area (Å²) in [6.45, 7) is 3.43. The molecule has 0 unspecified atom stereocenters. The molecule has 0 spiro atoms. The molecule has 0 saturated carbocycles.